The smallest absolute Gasteiger partial charge is 0.230 e. The van der Waals surface area contributed by atoms with Gasteiger partial charge in [-0.1, -0.05) is 13.8 Å². The van der Waals surface area contributed by atoms with Crippen LogP contribution < -0.4 is 11.1 Å². The van der Waals surface area contributed by atoms with Crippen LogP contribution in [0.5, 0.6) is 0 Å². The Bertz CT molecular complexity index is 1120. The summed E-state index contributed by atoms with van der Waals surface area (Å²) >= 11 is 0. The lowest BCUT2D eigenvalue weighted by Gasteiger charge is -2.13. The molecule has 6 heteroatoms. The molecule has 1 aliphatic rings. The Balaban J connectivity index is 1.71. The number of nitrogens with zero attached hydrogens (tertiary/aromatic N) is 3. The highest BCUT2D eigenvalue weighted by Crippen LogP contribution is 2.39. The molecule has 0 bridgehead atoms. The standard InChI is InChI=1S/C22H23N5O/c1-12(2)21-16(4-5-27(21)3)13-6-14-9-20(25-11-18(14)19(24)8-13)26-22(28)17-7-15(17)10-23/h4-6,8-9,11-12,15,17H,7,24H2,1-3H3,(H,25,26,28)/t15-,17+/m0/s1. The summed E-state index contributed by atoms with van der Waals surface area (Å²) in [5.41, 5.74) is 10.4. The zero-order chi connectivity index (χ0) is 20.0. The van der Waals surface area contributed by atoms with Crippen molar-refractivity contribution in [2.75, 3.05) is 11.1 Å². The Kier molecular flexibility index (Phi) is 4.31. The Morgan fingerprint density at radius 3 is 2.86 bits per heavy atom. The maximum Gasteiger partial charge on any atom is 0.230 e. The number of nitrogen functional groups attached to an aromatic ring is 1. The molecule has 142 valence electrons. The van der Waals surface area contributed by atoms with Crippen molar-refractivity contribution in [1.82, 2.24) is 9.55 Å². The van der Waals surface area contributed by atoms with Crippen LogP contribution in [0.3, 0.4) is 0 Å². The third kappa shape index (κ3) is 3.09. The van der Waals surface area contributed by atoms with Crippen LogP contribution in [0.1, 0.15) is 31.9 Å². The Morgan fingerprint density at radius 2 is 2.18 bits per heavy atom. The molecule has 3 N–H and O–H groups in total. The first-order valence-corrected chi connectivity index (χ1v) is 9.44. The van der Waals surface area contributed by atoms with Gasteiger partial charge in [-0.2, -0.15) is 5.26 Å². The van der Waals surface area contributed by atoms with Crippen LogP contribution in [0.25, 0.3) is 21.9 Å². The minimum absolute atomic E-state index is 0.146. The van der Waals surface area contributed by atoms with Crippen LogP contribution in [0.4, 0.5) is 11.5 Å². The van der Waals surface area contributed by atoms with Gasteiger partial charge in [0.05, 0.1) is 17.9 Å². The maximum atomic E-state index is 12.2. The molecular formula is C22H23N5O. The minimum atomic E-state index is -0.225. The lowest BCUT2D eigenvalue weighted by molar-refractivity contribution is -0.117. The zero-order valence-corrected chi connectivity index (χ0v) is 16.2. The molecule has 0 saturated heterocycles. The summed E-state index contributed by atoms with van der Waals surface area (Å²) in [5, 5.41) is 13.5. The summed E-state index contributed by atoms with van der Waals surface area (Å²) < 4.78 is 2.14. The number of carbonyl (C=O) groups is 1. The van der Waals surface area contributed by atoms with E-state index >= 15 is 0 Å². The highest BCUT2D eigenvalue weighted by Gasteiger charge is 2.43. The molecular weight excluding hydrogens is 350 g/mol. The van der Waals surface area contributed by atoms with Crippen molar-refractivity contribution in [3.63, 3.8) is 0 Å². The number of anilines is 2. The van der Waals surface area contributed by atoms with Gasteiger partial charge in [-0.05, 0) is 47.6 Å². The van der Waals surface area contributed by atoms with Crippen molar-refractivity contribution in [2.24, 2.45) is 18.9 Å². The van der Waals surface area contributed by atoms with Crippen LogP contribution in [0, 0.1) is 23.2 Å². The number of carbonyl (C=O) groups excluding carboxylic acids is 1. The number of nitrogens with two attached hydrogens (primary N) is 1. The first-order valence-electron chi connectivity index (χ1n) is 9.44. The second-order valence-electron chi connectivity index (χ2n) is 7.80. The molecule has 1 saturated carbocycles. The fraction of sp³-hybridized carbons (Fsp3) is 0.318. The number of fused-ring (bicyclic) bond motifs is 1. The van der Waals surface area contributed by atoms with Crippen LogP contribution >= 0.6 is 0 Å². The minimum Gasteiger partial charge on any atom is -0.398 e. The van der Waals surface area contributed by atoms with Gasteiger partial charge in [0.15, 0.2) is 0 Å². The summed E-state index contributed by atoms with van der Waals surface area (Å²) in [6.07, 6.45) is 4.37. The quantitative estimate of drug-likeness (QED) is 0.674. The maximum absolute atomic E-state index is 12.2. The van der Waals surface area contributed by atoms with E-state index in [2.05, 4.69) is 53.1 Å². The first kappa shape index (κ1) is 18.1. The van der Waals surface area contributed by atoms with Gasteiger partial charge in [-0.15, -0.1) is 0 Å². The molecule has 3 aromatic rings. The van der Waals surface area contributed by atoms with Gasteiger partial charge >= 0.3 is 0 Å². The Morgan fingerprint density at radius 1 is 1.39 bits per heavy atom. The number of nitriles is 1. The highest BCUT2D eigenvalue weighted by molar-refractivity contribution is 6.00. The number of hydrogen-bond donors (Lipinski definition) is 2. The first-order chi connectivity index (χ1) is 13.4. The molecule has 1 amide bonds. The molecule has 2 atom stereocenters. The molecule has 1 fully saturated rings. The third-order valence-corrected chi connectivity index (χ3v) is 5.39. The second kappa shape index (κ2) is 6.68. The van der Waals surface area contributed by atoms with Crippen LogP contribution in [0.15, 0.2) is 36.7 Å². The molecule has 4 rings (SSSR count). The van der Waals surface area contributed by atoms with E-state index in [0.29, 0.717) is 23.8 Å². The fourth-order valence-electron chi connectivity index (χ4n) is 3.86. The molecule has 28 heavy (non-hydrogen) atoms. The molecule has 2 heterocycles. The van der Waals surface area contributed by atoms with E-state index in [1.807, 2.05) is 19.2 Å². The number of aryl methyl sites for hydroxylation is 1. The Hall–Kier alpha value is -3.33. The number of rotatable bonds is 4. The summed E-state index contributed by atoms with van der Waals surface area (Å²) in [4.78, 5) is 16.6. The number of hydrogen-bond acceptors (Lipinski definition) is 4. The fourth-order valence-corrected chi connectivity index (χ4v) is 3.86. The molecule has 0 aliphatic heterocycles. The van der Waals surface area contributed by atoms with Gasteiger partial charge in [0.1, 0.15) is 5.82 Å². The number of benzene rings is 1. The van der Waals surface area contributed by atoms with E-state index < -0.39 is 0 Å². The number of nitrogens with one attached hydrogen (secondary N) is 1. The third-order valence-electron chi connectivity index (χ3n) is 5.39. The molecule has 0 spiro atoms. The number of amides is 1. The lowest BCUT2D eigenvalue weighted by atomic mass is 9.97. The molecule has 0 unspecified atom stereocenters. The Labute approximate surface area is 164 Å². The van der Waals surface area contributed by atoms with E-state index in [1.54, 1.807) is 6.20 Å². The van der Waals surface area contributed by atoms with E-state index in [9.17, 15) is 4.79 Å². The molecule has 0 radical (unpaired) electrons. The van der Waals surface area contributed by atoms with Crippen LogP contribution in [-0.2, 0) is 11.8 Å². The second-order valence-corrected chi connectivity index (χ2v) is 7.80. The van der Waals surface area contributed by atoms with E-state index in [1.165, 1.54) is 5.69 Å². The normalized spacial score (nSPS) is 18.2. The van der Waals surface area contributed by atoms with Crippen molar-refractivity contribution < 1.29 is 4.79 Å². The number of pyridine rings is 1. The van der Waals surface area contributed by atoms with Gasteiger partial charge in [0.2, 0.25) is 5.91 Å². The predicted molar refractivity (Wildman–Crippen MR) is 110 cm³/mol. The molecule has 6 nitrogen and oxygen atoms in total. The van der Waals surface area contributed by atoms with Gasteiger partial charge in [0, 0.05) is 41.8 Å². The molecule has 2 aromatic heterocycles. The highest BCUT2D eigenvalue weighted by atomic mass is 16.2. The van der Waals surface area contributed by atoms with Gasteiger partial charge in [-0.25, -0.2) is 4.98 Å². The van der Waals surface area contributed by atoms with Crippen molar-refractivity contribution in [3.05, 3.63) is 42.4 Å². The SMILES string of the molecule is CC(C)c1c(-c2cc(N)c3cnc(NC(=O)[C@@H]4C[C@H]4C#N)cc3c2)ccn1C. The average Bonchev–Trinajstić information content (AvgIpc) is 3.35. The van der Waals surface area contributed by atoms with Gasteiger partial charge < -0.3 is 15.6 Å². The summed E-state index contributed by atoms with van der Waals surface area (Å²) in [6.45, 7) is 4.35. The average molecular weight is 373 g/mol. The van der Waals surface area contributed by atoms with Gasteiger partial charge in [-0.3, -0.25) is 4.79 Å². The van der Waals surface area contributed by atoms with Crippen LogP contribution in [0.2, 0.25) is 0 Å². The van der Waals surface area contributed by atoms with E-state index in [0.717, 1.165) is 21.9 Å². The van der Waals surface area contributed by atoms with E-state index in [-0.39, 0.29) is 17.7 Å². The summed E-state index contributed by atoms with van der Waals surface area (Å²) in [5.74, 6) is 0.320. The molecule has 1 aromatic carbocycles. The van der Waals surface area contributed by atoms with E-state index in [4.69, 9.17) is 11.0 Å². The van der Waals surface area contributed by atoms with Crippen molar-refractivity contribution in [1.29, 1.82) is 5.26 Å². The van der Waals surface area contributed by atoms with Crippen molar-refractivity contribution in [3.8, 4) is 17.2 Å². The predicted octanol–water partition coefficient (Wildman–Crippen LogP) is 4.04. The molecule has 1 aliphatic carbocycles. The van der Waals surface area contributed by atoms with Crippen LogP contribution in [-0.4, -0.2) is 15.5 Å². The summed E-state index contributed by atoms with van der Waals surface area (Å²) in [6, 6.07) is 10.1. The zero-order valence-electron chi connectivity index (χ0n) is 16.2. The lowest BCUT2D eigenvalue weighted by Crippen LogP contribution is -2.15. The monoisotopic (exact) mass is 373 g/mol. The summed E-state index contributed by atoms with van der Waals surface area (Å²) in [7, 11) is 2.05. The number of aromatic nitrogens is 2. The largest absolute Gasteiger partial charge is 0.398 e. The van der Waals surface area contributed by atoms with Crippen molar-refractivity contribution in [2.45, 2.75) is 26.2 Å². The van der Waals surface area contributed by atoms with Crippen molar-refractivity contribution >= 4 is 28.2 Å². The topological polar surface area (TPSA) is 96.7 Å². The van der Waals surface area contributed by atoms with Gasteiger partial charge in [0.25, 0.3) is 0 Å².